The minimum Gasteiger partial charge on any atom is -0.430 e. The maximum atomic E-state index is 12.7. The van der Waals surface area contributed by atoms with Gasteiger partial charge in [-0.05, 0) is 12.1 Å². The van der Waals surface area contributed by atoms with Gasteiger partial charge in [0, 0.05) is 0 Å². The molecule has 6 heteroatoms. The first-order valence-corrected chi connectivity index (χ1v) is 3.48. The van der Waals surface area contributed by atoms with Crippen molar-refractivity contribution in [2.45, 2.75) is 6.61 Å². The Morgan fingerprint density at radius 2 is 1.85 bits per heavy atom. The Morgan fingerprint density at radius 1 is 1.23 bits per heavy atom. The smallest absolute Gasteiger partial charge is 0.387 e. The molecule has 0 unspecified atom stereocenters. The topological polar surface area (TPSA) is 9.23 Å². The SMILES string of the molecule is Fc1ccc(Cl)c(OC(F)F)c1F. The van der Waals surface area contributed by atoms with Crippen molar-refractivity contribution in [3.05, 3.63) is 28.8 Å². The molecule has 0 aliphatic carbocycles. The van der Waals surface area contributed by atoms with Crippen molar-refractivity contribution in [2.75, 3.05) is 0 Å². The van der Waals surface area contributed by atoms with Crippen molar-refractivity contribution in [3.63, 3.8) is 0 Å². The minimum absolute atomic E-state index is 0.404. The van der Waals surface area contributed by atoms with Gasteiger partial charge >= 0.3 is 6.61 Å². The maximum Gasteiger partial charge on any atom is 0.387 e. The number of alkyl halides is 2. The van der Waals surface area contributed by atoms with Crippen molar-refractivity contribution in [2.24, 2.45) is 0 Å². The highest BCUT2D eigenvalue weighted by atomic mass is 35.5. The second-order valence-electron chi connectivity index (χ2n) is 2.05. The van der Waals surface area contributed by atoms with Gasteiger partial charge in [-0.25, -0.2) is 4.39 Å². The third kappa shape index (κ3) is 2.24. The summed E-state index contributed by atoms with van der Waals surface area (Å²) in [5.41, 5.74) is 0. The molecule has 1 nitrogen and oxygen atoms in total. The summed E-state index contributed by atoms with van der Waals surface area (Å²) in [7, 11) is 0. The van der Waals surface area contributed by atoms with E-state index in [2.05, 4.69) is 4.74 Å². The number of hydrogen-bond acceptors (Lipinski definition) is 1. The van der Waals surface area contributed by atoms with E-state index in [4.69, 9.17) is 11.6 Å². The molecule has 0 aliphatic heterocycles. The van der Waals surface area contributed by atoms with Crippen LogP contribution in [-0.4, -0.2) is 6.61 Å². The molecule has 0 aliphatic rings. The second kappa shape index (κ2) is 3.83. The van der Waals surface area contributed by atoms with E-state index in [9.17, 15) is 17.6 Å². The monoisotopic (exact) mass is 214 g/mol. The van der Waals surface area contributed by atoms with Crippen molar-refractivity contribution in [3.8, 4) is 5.75 Å². The lowest BCUT2D eigenvalue weighted by Crippen LogP contribution is -2.05. The fraction of sp³-hybridized carbons (Fsp3) is 0.143. The number of halogens is 5. The first-order chi connectivity index (χ1) is 6.02. The van der Waals surface area contributed by atoms with Crippen LogP contribution in [0.5, 0.6) is 5.75 Å². The van der Waals surface area contributed by atoms with E-state index in [0.29, 0.717) is 0 Å². The number of rotatable bonds is 2. The average Bonchev–Trinajstić information content (AvgIpc) is 2.05. The molecule has 13 heavy (non-hydrogen) atoms. The Balaban J connectivity index is 3.10. The highest BCUT2D eigenvalue weighted by Crippen LogP contribution is 2.30. The number of ether oxygens (including phenoxy) is 1. The van der Waals surface area contributed by atoms with Crippen molar-refractivity contribution >= 4 is 11.6 Å². The third-order valence-corrected chi connectivity index (χ3v) is 1.51. The van der Waals surface area contributed by atoms with Crippen LogP contribution in [0.25, 0.3) is 0 Å². The fourth-order valence-electron chi connectivity index (χ4n) is 0.706. The van der Waals surface area contributed by atoms with Gasteiger partial charge in [0.2, 0.25) is 5.82 Å². The molecule has 0 bridgehead atoms. The lowest BCUT2D eigenvalue weighted by Gasteiger charge is -2.07. The molecule has 1 aromatic carbocycles. The molecule has 1 rings (SSSR count). The summed E-state index contributed by atoms with van der Waals surface area (Å²) in [6.07, 6.45) is 0. The maximum absolute atomic E-state index is 12.7. The molecule has 0 atom stereocenters. The summed E-state index contributed by atoms with van der Waals surface area (Å²) in [5, 5.41) is -0.404. The predicted octanol–water partition coefficient (Wildman–Crippen LogP) is 3.22. The molecule has 0 radical (unpaired) electrons. The highest BCUT2D eigenvalue weighted by molar-refractivity contribution is 6.32. The van der Waals surface area contributed by atoms with E-state index >= 15 is 0 Å². The van der Waals surface area contributed by atoms with Crippen LogP contribution in [0.2, 0.25) is 5.02 Å². The van der Waals surface area contributed by atoms with Gasteiger partial charge in [0.1, 0.15) is 0 Å². The van der Waals surface area contributed by atoms with Crippen LogP contribution in [0.1, 0.15) is 0 Å². The summed E-state index contributed by atoms with van der Waals surface area (Å²) >= 11 is 5.28. The second-order valence-corrected chi connectivity index (χ2v) is 2.46. The molecule has 0 spiro atoms. The van der Waals surface area contributed by atoms with Gasteiger partial charge in [0.15, 0.2) is 11.6 Å². The molecule has 72 valence electrons. The molecule has 0 N–H and O–H groups in total. The van der Waals surface area contributed by atoms with Crippen molar-refractivity contribution in [1.82, 2.24) is 0 Å². The third-order valence-electron chi connectivity index (χ3n) is 1.21. The first-order valence-electron chi connectivity index (χ1n) is 3.10. The fourth-order valence-corrected chi connectivity index (χ4v) is 0.896. The zero-order valence-electron chi connectivity index (χ0n) is 6.03. The normalized spacial score (nSPS) is 10.6. The van der Waals surface area contributed by atoms with Gasteiger partial charge in [0.05, 0.1) is 5.02 Å². The summed E-state index contributed by atoms with van der Waals surface area (Å²) in [6.45, 7) is -3.24. The lowest BCUT2D eigenvalue weighted by molar-refractivity contribution is -0.0524. The van der Waals surface area contributed by atoms with Crippen LogP contribution < -0.4 is 4.74 Å². The molecule has 0 aromatic heterocycles. The van der Waals surface area contributed by atoms with Crippen LogP contribution in [0.3, 0.4) is 0 Å². The summed E-state index contributed by atoms with van der Waals surface area (Å²) in [4.78, 5) is 0. The van der Waals surface area contributed by atoms with Crippen LogP contribution in [0.15, 0.2) is 12.1 Å². The average molecular weight is 215 g/mol. The van der Waals surface area contributed by atoms with Gasteiger partial charge in [-0.1, -0.05) is 11.6 Å². The lowest BCUT2D eigenvalue weighted by atomic mass is 10.3. The molecule has 0 amide bonds. The van der Waals surface area contributed by atoms with E-state index < -0.39 is 29.0 Å². The van der Waals surface area contributed by atoms with Gasteiger partial charge in [-0.3, -0.25) is 0 Å². The van der Waals surface area contributed by atoms with E-state index in [1.807, 2.05) is 0 Å². The van der Waals surface area contributed by atoms with Crippen LogP contribution in [-0.2, 0) is 0 Å². The summed E-state index contributed by atoms with van der Waals surface area (Å²) in [5.74, 6) is -3.79. The van der Waals surface area contributed by atoms with E-state index in [1.54, 1.807) is 0 Å². The van der Waals surface area contributed by atoms with Crippen LogP contribution in [0, 0.1) is 11.6 Å². The number of hydrogen-bond donors (Lipinski definition) is 0. The predicted molar refractivity (Wildman–Crippen MR) is 38.0 cm³/mol. The molecule has 0 fully saturated rings. The largest absolute Gasteiger partial charge is 0.430 e. The zero-order chi connectivity index (χ0) is 10.0. The molecular formula is C7H3ClF4O. The van der Waals surface area contributed by atoms with Crippen LogP contribution >= 0.6 is 11.6 Å². The van der Waals surface area contributed by atoms with Gasteiger partial charge < -0.3 is 4.74 Å². The van der Waals surface area contributed by atoms with Crippen molar-refractivity contribution < 1.29 is 22.3 Å². The van der Waals surface area contributed by atoms with Crippen molar-refractivity contribution in [1.29, 1.82) is 0 Å². The Kier molecular flexibility index (Phi) is 2.98. The highest BCUT2D eigenvalue weighted by Gasteiger charge is 2.17. The number of benzene rings is 1. The first kappa shape index (κ1) is 10.1. The Morgan fingerprint density at radius 3 is 2.38 bits per heavy atom. The standard InChI is InChI=1S/C7H3ClF4O/c8-3-1-2-4(9)5(10)6(3)13-7(11)12/h1-2,7H. The van der Waals surface area contributed by atoms with Gasteiger partial charge in [-0.15, -0.1) is 0 Å². The molecule has 0 saturated heterocycles. The quantitative estimate of drug-likeness (QED) is 0.543. The molecule has 0 saturated carbocycles. The summed E-state index contributed by atoms with van der Waals surface area (Å²) in [6, 6.07) is 1.65. The minimum atomic E-state index is -3.24. The van der Waals surface area contributed by atoms with E-state index in [0.717, 1.165) is 12.1 Å². The van der Waals surface area contributed by atoms with Gasteiger partial charge in [0.25, 0.3) is 0 Å². The molecule has 0 heterocycles. The van der Waals surface area contributed by atoms with Gasteiger partial charge in [-0.2, -0.15) is 13.2 Å². The molecule has 1 aromatic rings. The summed E-state index contributed by atoms with van der Waals surface area (Å²) < 4.78 is 52.1. The zero-order valence-corrected chi connectivity index (χ0v) is 6.79. The Labute approximate surface area is 75.9 Å². The van der Waals surface area contributed by atoms with Crippen LogP contribution in [0.4, 0.5) is 17.6 Å². The van der Waals surface area contributed by atoms with E-state index in [1.165, 1.54) is 0 Å². The van der Waals surface area contributed by atoms with E-state index in [-0.39, 0.29) is 0 Å². The Bertz CT molecular complexity index is 316. The Hall–Kier alpha value is -0.970. The molecular weight excluding hydrogens is 212 g/mol.